The molecular weight excluding hydrogens is 176 g/mol. The maximum Gasteiger partial charge on any atom is 0.0417 e. The Morgan fingerprint density at radius 1 is 1.36 bits per heavy atom. The molecule has 0 fully saturated rings. The lowest BCUT2D eigenvalue weighted by Gasteiger charge is -2.03. The molecule has 0 heterocycles. The molecule has 0 radical (unpaired) electrons. The summed E-state index contributed by atoms with van der Waals surface area (Å²) in [4.78, 5) is 1.24. The maximum absolute atomic E-state index is 5.81. The number of benzene rings is 1. The normalized spacial score (nSPS) is 10.5. The van der Waals surface area contributed by atoms with Crippen molar-refractivity contribution in [2.24, 2.45) is 0 Å². The van der Waals surface area contributed by atoms with Gasteiger partial charge in [-0.1, -0.05) is 31.5 Å². The molecule has 1 rings (SSSR count). The number of thioether (sulfide) groups is 1. The van der Waals surface area contributed by atoms with Gasteiger partial charge >= 0.3 is 0 Å². The first-order valence-corrected chi connectivity index (χ1v) is 4.86. The molecule has 0 unspecified atom stereocenters. The van der Waals surface area contributed by atoms with E-state index in [4.69, 9.17) is 11.6 Å². The Kier molecular flexibility index (Phi) is 3.28. The van der Waals surface area contributed by atoms with Crippen molar-refractivity contribution in [1.82, 2.24) is 0 Å². The van der Waals surface area contributed by atoms with Gasteiger partial charge in [0.1, 0.15) is 0 Å². The van der Waals surface area contributed by atoms with Crippen molar-refractivity contribution in [2.45, 2.75) is 24.0 Å². The van der Waals surface area contributed by atoms with E-state index >= 15 is 0 Å². The molecule has 0 aliphatic carbocycles. The second-order valence-corrected chi connectivity index (χ2v) is 4.71. The molecule has 0 aliphatic heterocycles. The quantitative estimate of drug-likeness (QED) is 0.633. The van der Waals surface area contributed by atoms with Gasteiger partial charge in [-0.15, -0.1) is 11.8 Å². The van der Waals surface area contributed by atoms with E-state index in [1.807, 2.05) is 30.0 Å². The van der Waals surface area contributed by atoms with Gasteiger partial charge in [-0.05, 0) is 18.2 Å². The number of hydrogen-bond acceptors (Lipinski definition) is 1. The zero-order chi connectivity index (χ0) is 8.27. The zero-order valence-electron chi connectivity index (χ0n) is 6.67. The molecule has 1 aromatic carbocycles. The molecule has 0 spiro atoms. The second-order valence-electron chi connectivity index (χ2n) is 2.62. The Bertz CT molecular complexity index is 233. The molecule has 11 heavy (non-hydrogen) atoms. The van der Waals surface area contributed by atoms with Crippen LogP contribution in [0.3, 0.4) is 0 Å². The lowest BCUT2D eigenvalue weighted by atomic mass is 10.4. The van der Waals surface area contributed by atoms with Crippen LogP contribution < -0.4 is 0 Å². The Balaban J connectivity index is 2.71. The third kappa shape index (κ3) is 3.17. The van der Waals surface area contributed by atoms with Gasteiger partial charge in [0.25, 0.3) is 0 Å². The van der Waals surface area contributed by atoms with Crippen LogP contribution in [0.25, 0.3) is 0 Å². The molecule has 0 atom stereocenters. The van der Waals surface area contributed by atoms with Crippen molar-refractivity contribution >= 4 is 23.4 Å². The van der Waals surface area contributed by atoms with Gasteiger partial charge in [-0.2, -0.15) is 0 Å². The highest BCUT2D eigenvalue weighted by Gasteiger charge is 1.97. The van der Waals surface area contributed by atoms with Crippen LogP contribution in [0, 0.1) is 0 Å². The summed E-state index contributed by atoms with van der Waals surface area (Å²) in [6.07, 6.45) is 0. The first-order valence-electron chi connectivity index (χ1n) is 3.60. The van der Waals surface area contributed by atoms with Crippen molar-refractivity contribution in [3.63, 3.8) is 0 Å². The van der Waals surface area contributed by atoms with Crippen LogP contribution in [-0.4, -0.2) is 5.25 Å². The molecule has 0 amide bonds. The Morgan fingerprint density at radius 3 is 2.64 bits per heavy atom. The van der Waals surface area contributed by atoms with Gasteiger partial charge < -0.3 is 0 Å². The highest BCUT2D eigenvalue weighted by atomic mass is 35.5. The minimum atomic E-state index is 0.619. The molecule has 1 aromatic rings. The molecule has 60 valence electrons. The molecular formula is C9H11ClS. The average Bonchev–Trinajstić information content (AvgIpc) is 1.85. The third-order valence-corrected chi connectivity index (χ3v) is 2.40. The standard InChI is InChI=1S/C9H11ClS/c1-7(2)11-9-5-3-4-8(10)6-9/h3-7H,1-2H3. The summed E-state index contributed by atoms with van der Waals surface area (Å²) in [6.45, 7) is 4.34. The summed E-state index contributed by atoms with van der Waals surface area (Å²) < 4.78 is 0. The van der Waals surface area contributed by atoms with Crippen LogP contribution >= 0.6 is 23.4 Å². The molecule has 0 saturated heterocycles. The van der Waals surface area contributed by atoms with Crippen LogP contribution in [0.15, 0.2) is 29.2 Å². The summed E-state index contributed by atoms with van der Waals surface area (Å²) >= 11 is 7.64. The van der Waals surface area contributed by atoms with Gasteiger partial charge in [-0.25, -0.2) is 0 Å². The number of halogens is 1. The largest absolute Gasteiger partial charge is 0.123 e. The number of rotatable bonds is 2. The van der Waals surface area contributed by atoms with E-state index in [9.17, 15) is 0 Å². The van der Waals surface area contributed by atoms with Crippen molar-refractivity contribution in [3.8, 4) is 0 Å². The highest BCUT2D eigenvalue weighted by Crippen LogP contribution is 2.24. The predicted octanol–water partition coefficient (Wildman–Crippen LogP) is 3.84. The van der Waals surface area contributed by atoms with Gasteiger partial charge in [-0.3, -0.25) is 0 Å². The molecule has 0 saturated carbocycles. The second kappa shape index (κ2) is 4.03. The van der Waals surface area contributed by atoms with E-state index in [1.165, 1.54) is 4.90 Å². The van der Waals surface area contributed by atoms with E-state index in [0.29, 0.717) is 5.25 Å². The summed E-state index contributed by atoms with van der Waals surface area (Å²) in [6, 6.07) is 7.95. The van der Waals surface area contributed by atoms with Gasteiger partial charge in [0.2, 0.25) is 0 Å². The highest BCUT2D eigenvalue weighted by molar-refractivity contribution is 7.99. The van der Waals surface area contributed by atoms with E-state index in [1.54, 1.807) is 0 Å². The SMILES string of the molecule is CC(C)Sc1cccc(Cl)c1. The zero-order valence-corrected chi connectivity index (χ0v) is 8.25. The lowest BCUT2D eigenvalue weighted by Crippen LogP contribution is -1.84. The van der Waals surface area contributed by atoms with Crippen LogP contribution in [0.1, 0.15) is 13.8 Å². The lowest BCUT2D eigenvalue weighted by molar-refractivity contribution is 1.11. The fourth-order valence-electron chi connectivity index (χ4n) is 0.812. The van der Waals surface area contributed by atoms with E-state index in [0.717, 1.165) is 5.02 Å². The van der Waals surface area contributed by atoms with Crippen molar-refractivity contribution in [2.75, 3.05) is 0 Å². The summed E-state index contributed by atoms with van der Waals surface area (Å²) in [5, 5.41) is 1.43. The van der Waals surface area contributed by atoms with Gasteiger partial charge in [0.05, 0.1) is 0 Å². The van der Waals surface area contributed by atoms with Crippen molar-refractivity contribution in [3.05, 3.63) is 29.3 Å². The fraction of sp³-hybridized carbons (Fsp3) is 0.333. The van der Waals surface area contributed by atoms with Gasteiger partial charge in [0, 0.05) is 15.2 Å². The first-order chi connectivity index (χ1) is 5.18. The molecule has 0 nitrogen and oxygen atoms in total. The molecule has 0 aromatic heterocycles. The topological polar surface area (TPSA) is 0 Å². The van der Waals surface area contributed by atoms with E-state index in [2.05, 4.69) is 19.9 Å². The third-order valence-electron chi connectivity index (χ3n) is 1.17. The van der Waals surface area contributed by atoms with E-state index in [-0.39, 0.29) is 0 Å². The van der Waals surface area contributed by atoms with Crippen LogP contribution in [0.4, 0.5) is 0 Å². The molecule has 0 aliphatic rings. The Hall–Kier alpha value is -0.140. The van der Waals surface area contributed by atoms with Crippen LogP contribution in [0.5, 0.6) is 0 Å². The average molecular weight is 187 g/mol. The predicted molar refractivity (Wildman–Crippen MR) is 52.4 cm³/mol. The summed E-state index contributed by atoms with van der Waals surface area (Å²) in [7, 11) is 0. The van der Waals surface area contributed by atoms with Crippen molar-refractivity contribution in [1.29, 1.82) is 0 Å². The molecule has 2 heteroatoms. The number of hydrogen-bond donors (Lipinski definition) is 0. The minimum absolute atomic E-state index is 0.619. The van der Waals surface area contributed by atoms with Crippen LogP contribution in [-0.2, 0) is 0 Å². The summed E-state index contributed by atoms with van der Waals surface area (Å²) in [5.74, 6) is 0. The molecule has 0 N–H and O–H groups in total. The summed E-state index contributed by atoms with van der Waals surface area (Å²) in [5.41, 5.74) is 0. The smallest absolute Gasteiger partial charge is 0.0417 e. The van der Waals surface area contributed by atoms with Crippen molar-refractivity contribution < 1.29 is 0 Å². The Labute approximate surface area is 77.0 Å². The Morgan fingerprint density at radius 2 is 2.09 bits per heavy atom. The monoisotopic (exact) mass is 186 g/mol. The maximum atomic E-state index is 5.81. The minimum Gasteiger partial charge on any atom is -0.123 e. The van der Waals surface area contributed by atoms with Gasteiger partial charge in [0.15, 0.2) is 0 Å². The van der Waals surface area contributed by atoms with E-state index < -0.39 is 0 Å². The molecule has 0 bridgehead atoms. The first kappa shape index (κ1) is 8.95. The van der Waals surface area contributed by atoms with Crippen LogP contribution in [0.2, 0.25) is 5.02 Å². The fourth-order valence-corrected chi connectivity index (χ4v) is 1.96.